The summed E-state index contributed by atoms with van der Waals surface area (Å²) in [5.41, 5.74) is 7.61. The molecule has 0 spiro atoms. The molecule has 0 radical (unpaired) electrons. The lowest BCUT2D eigenvalue weighted by atomic mass is 10.1. The quantitative estimate of drug-likeness (QED) is 0.865. The molecule has 1 aliphatic heterocycles. The summed E-state index contributed by atoms with van der Waals surface area (Å²) >= 11 is 0. The lowest BCUT2D eigenvalue weighted by Crippen LogP contribution is -2.22. The number of fused-ring (bicyclic) bond motifs is 1. The minimum atomic E-state index is -0.0619. The van der Waals surface area contributed by atoms with E-state index in [1.165, 1.54) is 6.33 Å². The molecule has 1 saturated heterocycles. The van der Waals surface area contributed by atoms with Gasteiger partial charge >= 0.3 is 5.97 Å². The van der Waals surface area contributed by atoms with Crippen LogP contribution in [0.2, 0.25) is 0 Å². The highest BCUT2D eigenvalue weighted by molar-refractivity contribution is 5.72. The van der Waals surface area contributed by atoms with Crippen molar-refractivity contribution in [2.45, 2.75) is 50.7 Å². The highest BCUT2D eigenvalue weighted by Gasteiger charge is 2.31. The first-order valence-electron chi connectivity index (χ1n) is 8.62. The fraction of sp³-hybridized carbons (Fsp3) is 0.588. The molecule has 2 aliphatic rings. The third kappa shape index (κ3) is 2.84. The first kappa shape index (κ1) is 15.4. The van der Waals surface area contributed by atoms with Gasteiger partial charge in [0, 0.05) is 0 Å². The molecular formula is C17H22N4O3. The molecule has 128 valence electrons. The second-order valence-electron chi connectivity index (χ2n) is 6.64. The molecule has 2 aromatic rings. The zero-order valence-electron chi connectivity index (χ0n) is 13.6. The second-order valence-corrected chi connectivity index (χ2v) is 6.64. The molecule has 2 fully saturated rings. The maximum absolute atomic E-state index is 12.0. The number of ether oxygens (including phenoxy) is 2. The number of aromatic nitrogens is 3. The number of carbonyl (C=O) groups is 1. The Bertz CT molecular complexity index is 739. The minimum Gasteiger partial charge on any atom is -0.463 e. The molecule has 0 aromatic carbocycles. The van der Waals surface area contributed by atoms with E-state index in [4.69, 9.17) is 15.2 Å². The van der Waals surface area contributed by atoms with Gasteiger partial charge in [0.15, 0.2) is 5.82 Å². The van der Waals surface area contributed by atoms with E-state index in [9.17, 15) is 4.79 Å². The van der Waals surface area contributed by atoms with Gasteiger partial charge in [-0.05, 0) is 37.8 Å². The van der Waals surface area contributed by atoms with Gasteiger partial charge in [-0.2, -0.15) is 5.10 Å². The molecule has 7 heteroatoms. The highest BCUT2D eigenvalue weighted by atomic mass is 16.6. The summed E-state index contributed by atoms with van der Waals surface area (Å²) in [6, 6.07) is 3.87. The second kappa shape index (κ2) is 6.39. The van der Waals surface area contributed by atoms with Gasteiger partial charge in [-0.1, -0.05) is 12.8 Å². The van der Waals surface area contributed by atoms with Crippen LogP contribution in [0.5, 0.6) is 0 Å². The van der Waals surface area contributed by atoms with Crippen LogP contribution in [-0.4, -0.2) is 33.3 Å². The fourth-order valence-electron chi connectivity index (χ4n) is 3.72. The summed E-state index contributed by atoms with van der Waals surface area (Å²) in [5.74, 6) is 0.487. The van der Waals surface area contributed by atoms with Crippen LogP contribution in [0.25, 0.3) is 5.52 Å². The average molecular weight is 330 g/mol. The van der Waals surface area contributed by atoms with Gasteiger partial charge in [0.05, 0.1) is 17.7 Å². The van der Waals surface area contributed by atoms with Crippen molar-refractivity contribution in [3.63, 3.8) is 0 Å². The molecule has 2 aromatic heterocycles. The molecule has 1 aliphatic carbocycles. The van der Waals surface area contributed by atoms with E-state index >= 15 is 0 Å². The van der Waals surface area contributed by atoms with Crippen LogP contribution < -0.4 is 5.73 Å². The van der Waals surface area contributed by atoms with E-state index < -0.39 is 0 Å². The number of nitrogens with two attached hydrogens (primary N) is 1. The van der Waals surface area contributed by atoms with E-state index in [2.05, 4.69) is 10.1 Å². The number of nitrogens with zero attached hydrogens (tertiary/aromatic N) is 3. The first-order valence-corrected chi connectivity index (χ1v) is 8.62. The SMILES string of the molecule is Nc1ncnn2c(C3CCC(COC(=O)C4CCCC4)O3)ccc12. The molecule has 2 N–H and O–H groups in total. The fourth-order valence-corrected chi connectivity index (χ4v) is 3.72. The van der Waals surface area contributed by atoms with E-state index in [1.807, 2.05) is 12.1 Å². The van der Waals surface area contributed by atoms with Crippen LogP contribution >= 0.6 is 0 Å². The number of esters is 1. The third-order valence-corrected chi connectivity index (χ3v) is 5.05. The molecule has 2 atom stereocenters. The van der Waals surface area contributed by atoms with E-state index in [-0.39, 0.29) is 24.1 Å². The lowest BCUT2D eigenvalue weighted by molar-refractivity contribution is -0.152. The van der Waals surface area contributed by atoms with Crippen molar-refractivity contribution < 1.29 is 14.3 Å². The Balaban J connectivity index is 1.37. The molecule has 4 rings (SSSR count). The van der Waals surface area contributed by atoms with Gasteiger partial charge in [-0.3, -0.25) is 4.79 Å². The molecule has 0 bridgehead atoms. The summed E-state index contributed by atoms with van der Waals surface area (Å²) in [4.78, 5) is 16.0. The van der Waals surface area contributed by atoms with E-state index in [1.54, 1.807) is 4.52 Å². The largest absolute Gasteiger partial charge is 0.463 e. The first-order chi connectivity index (χ1) is 11.7. The summed E-state index contributed by atoms with van der Waals surface area (Å²) in [5, 5.41) is 4.26. The predicted octanol–water partition coefficient (Wildman–Crippen LogP) is 2.26. The van der Waals surface area contributed by atoms with Crippen molar-refractivity contribution in [3.8, 4) is 0 Å². The standard InChI is InChI=1S/C17H22N4O3/c18-16-14-7-6-13(21(14)20-10-19-16)15-8-5-12(24-15)9-23-17(22)11-3-1-2-4-11/h6-7,10-12,15H,1-5,8-9H2,(H2,18,19,20). The summed E-state index contributed by atoms with van der Waals surface area (Å²) in [6.07, 6.45) is 7.28. The van der Waals surface area contributed by atoms with Crippen LogP contribution in [0.3, 0.4) is 0 Å². The molecule has 1 saturated carbocycles. The normalized spacial score (nSPS) is 24.7. The smallest absolute Gasteiger partial charge is 0.309 e. The van der Waals surface area contributed by atoms with Crippen LogP contribution in [0.1, 0.15) is 50.3 Å². The number of hydrogen-bond donors (Lipinski definition) is 1. The van der Waals surface area contributed by atoms with Crippen LogP contribution in [0.15, 0.2) is 18.5 Å². The Morgan fingerprint density at radius 1 is 1.29 bits per heavy atom. The van der Waals surface area contributed by atoms with E-state index in [0.29, 0.717) is 12.4 Å². The van der Waals surface area contributed by atoms with Gasteiger partial charge in [-0.15, -0.1) is 0 Å². The van der Waals surface area contributed by atoms with Crippen LogP contribution in [-0.2, 0) is 14.3 Å². The lowest BCUT2D eigenvalue weighted by Gasteiger charge is -2.15. The molecule has 7 nitrogen and oxygen atoms in total. The molecule has 3 heterocycles. The Morgan fingerprint density at radius 2 is 2.12 bits per heavy atom. The predicted molar refractivity (Wildman–Crippen MR) is 87.2 cm³/mol. The third-order valence-electron chi connectivity index (χ3n) is 5.05. The van der Waals surface area contributed by atoms with Gasteiger partial charge in [-0.25, -0.2) is 9.50 Å². The number of anilines is 1. The molecule has 0 amide bonds. The van der Waals surface area contributed by atoms with Crippen molar-refractivity contribution in [3.05, 3.63) is 24.2 Å². The van der Waals surface area contributed by atoms with Crippen LogP contribution in [0.4, 0.5) is 5.82 Å². The van der Waals surface area contributed by atoms with Crippen molar-refractivity contribution >= 4 is 17.3 Å². The number of nitrogen functional groups attached to an aromatic ring is 1. The van der Waals surface area contributed by atoms with Crippen molar-refractivity contribution in [1.82, 2.24) is 14.6 Å². The van der Waals surface area contributed by atoms with Crippen LogP contribution in [0, 0.1) is 5.92 Å². The van der Waals surface area contributed by atoms with Crippen molar-refractivity contribution in [2.24, 2.45) is 5.92 Å². The molecule has 2 unspecified atom stereocenters. The summed E-state index contributed by atoms with van der Waals surface area (Å²) < 4.78 is 13.3. The summed E-state index contributed by atoms with van der Waals surface area (Å²) in [7, 11) is 0. The Kier molecular flexibility index (Phi) is 4.10. The maximum atomic E-state index is 12.0. The zero-order chi connectivity index (χ0) is 16.5. The van der Waals surface area contributed by atoms with Gasteiger partial charge in [0.2, 0.25) is 0 Å². The van der Waals surface area contributed by atoms with Gasteiger partial charge in [0.1, 0.15) is 24.6 Å². The van der Waals surface area contributed by atoms with Crippen molar-refractivity contribution in [2.75, 3.05) is 12.3 Å². The number of rotatable bonds is 4. The zero-order valence-corrected chi connectivity index (χ0v) is 13.6. The Morgan fingerprint density at radius 3 is 2.96 bits per heavy atom. The average Bonchev–Trinajstić information content (AvgIpc) is 3.32. The highest BCUT2D eigenvalue weighted by Crippen LogP contribution is 2.34. The monoisotopic (exact) mass is 330 g/mol. The number of carbonyl (C=O) groups excluding carboxylic acids is 1. The van der Waals surface area contributed by atoms with Gasteiger partial charge in [0.25, 0.3) is 0 Å². The Labute approximate surface area is 140 Å². The minimum absolute atomic E-state index is 0.0508. The topological polar surface area (TPSA) is 91.7 Å². The van der Waals surface area contributed by atoms with Gasteiger partial charge < -0.3 is 15.2 Å². The molecular weight excluding hydrogens is 308 g/mol. The number of hydrogen-bond acceptors (Lipinski definition) is 6. The molecule has 24 heavy (non-hydrogen) atoms. The summed E-state index contributed by atoms with van der Waals surface area (Å²) in [6.45, 7) is 0.340. The maximum Gasteiger partial charge on any atom is 0.309 e. The Hall–Kier alpha value is -2.15. The van der Waals surface area contributed by atoms with Crippen molar-refractivity contribution in [1.29, 1.82) is 0 Å². The van der Waals surface area contributed by atoms with E-state index in [0.717, 1.165) is 49.7 Å².